The molecule has 2 aromatic carbocycles. The van der Waals surface area contributed by atoms with E-state index in [-0.39, 0.29) is 5.91 Å². The summed E-state index contributed by atoms with van der Waals surface area (Å²) in [5, 5.41) is 9.01. The molecule has 2 aliphatic heterocycles. The predicted molar refractivity (Wildman–Crippen MR) is 123 cm³/mol. The summed E-state index contributed by atoms with van der Waals surface area (Å²) in [6.07, 6.45) is 5.40. The first-order chi connectivity index (χ1) is 14.5. The number of anilines is 2. The first kappa shape index (κ1) is 19.3. The number of para-hydroxylation sites is 1. The van der Waals surface area contributed by atoms with E-state index in [9.17, 15) is 9.59 Å². The van der Waals surface area contributed by atoms with E-state index in [2.05, 4.69) is 41.3 Å². The van der Waals surface area contributed by atoms with Gasteiger partial charge in [0.25, 0.3) is 5.91 Å². The second-order valence-corrected chi connectivity index (χ2v) is 9.47. The first-order valence-electron chi connectivity index (χ1n) is 9.98. The van der Waals surface area contributed by atoms with E-state index in [1.54, 1.807) is 0 Å². The lowest BCUT2D eigenvalue weighted by molar-refractivity contribution is -0.140. The van der Waals surface area contributed by atoms with Gasteiger partial charge in [-0.2, -0.15) is 0 Å². The number of carboxylic acids is 1. The highest BCUT2D eigenvalue weighted by molar-refractivity contribution is 8.26. The molecule has 1 saturated heterocycles. The number of benzene rings is 2. The van der Waals surface area contributed by atoms with Crippen LogP contribution in [0.4, 0.5) is 11.4 Å². The average molecular weight is 437 g/mol. The van der Waals surface area contributed by atoms with Gasteiger partial charge in [-0.25, -0.2) is 0 Å². The zero-order chi connectivity index (χ0) is 20.8. The van der Waals surface area contributed by atoms with Crippen LogP contribution in [-0.4, -0.2) is 38.8 Å². The number of amides is 1. The average Bonchev–Trinajstić information content (AvgIpc) is 3.38. The van der Waals surface area contributed by atoms with Crippen molar-refractivity contribution < 1.29 is 14.7 Å². The van der Waals surface area contributed by atoms with Crippen LogP contribution in [0.1, 0.15) is 36.3 Å². The number of carbonyl (C=O) groups excluding carboxylic acids is 1. The van der Waals surface area contributed by atoms with E-state index in [1.165, 1.54) is 36.2 Å². The van der Waals surface area contributed by atoms with Crippen LogP contribution in [0.5, 0.6) is 0 Å². The molecule has 7 heteroatoms. The second-order valence-electron chi connectivity index (χ2n) is 7.79. The fourth-order valence-electron chi connectivity index (χ4n) is 4.81. The van der Waals surface area contributed by atoms with Gasteiger partial charge >= 0.3 is 5.97 Å². The summed E-state index contributed by atoms with van der Waals surface area (Å²) < 4.78 is 0.293. The molecule has 3 aliphatic rings. The SMILES string of the molecule is O=C(O)CN1C(=O)/C(=C/c2ccc3c(c2)C2CCCC2N3c2ccccc2)SC1=S. The largest absolute Gasteiger partial charge is 0.480 e. The topological polar surface area (TPSA) is 60.9 Å². The van der Waals surface area contributed by atoms with Crippen LogP contribution in [0, 0.1) is 0 Å². The minimum Gasteiger partial charge on any atom is -0.480 e. The molecule has 0 spiro atoms. The molecule has 2 heterocycles. The summed E-state index contributed by atoms with van der Waals surface area (Å²) >= 11 is 6.36. The van der Waals surface area contributed by atoms with Crippen LogP contribution in [0.15, 0.2) is 53.4 Å². The maximum atomic E-state index is 12.6. The molecule has 1 aliphatic carbocycles. The molecule has 2 aromatic rings. The Balaban J connectivity index is 1.49. The van der Waals surface area contributed by atoms with Gasteiger partial charge in [0, 0.05) is 23.3 Å². The first-order valence-corrected chi connectivity index (χ1v) is 11.2. The molecule has 1 saturated carbocycles. The van der Waals surface area contributed by atoms with Crippen molar-refractivity contribution in [3.8, 4) is 0 Å². The van der Waals surface area contributed by atoms with E-state index in [0.29, 0.717) is 21.2 Å². The highest BCUT2D eigenvalue weighted by atomic mass is 32.2. The van der Waals surface area contributed by atoms with Gasteiger partial charge in [0.05, 0.1) is 4.91 Å². The van der Waals surface area contributed by atoms with Gasteiger partial charge in [0.15, 0.2) is 0 Å². The molecule has 2 fully saturated rings. The van der Waals surface area contributed by atoms with Crippen molar-refractivity contribution in [2.24, 2.45) is 0 Å². The fraction of sp³-hybridized carbons (Fsp3) is 0.261. The van der Waals surface area contributed by atoms with Gasteiger partial charge in [-0.1, -0.05) is 54.7 Å². The number of hydrogen-bond acceptors (Lipinski definition) is 5. The molecule has 0 aromatic heterocycles. The molecule has 152 valence electrons. The highest BCUT2D eigenvalue weighted by Crippen LogP contribution is 2.52. The van der Waals surface area contributed by atoms with Crippen molar-refractivity contribution in [2.75, 3.05) is 11.4 Å². The molecule has 0 bridgehead atoms. The molecule has 1 amide bonds. The summed E-state index contributed by atoms with van der Waals surface area (Å²) in [6, 6.07) is 17.3. The Morgan fingerprint density at radius 1 is 1.20 bits per heavy atom. The number of carbonyl (C=O) groups is 2. The van der Waals surface area contributed by atoms with E-state index in [4.69, 9.17) is 17.3 Å². The van der Waals surface area contributed by atoms with E-state index in [1.807, 2.05) is 18.2 Å². The Morgan fingerprint density at radius 2 is 2.00 bits per heavy atom. The van der Waals surface area contributed by atoms with Gasteiger partial charge in [-0.15, -0.1) is 0 Å². The van der Waals surface area contributed by atoms with E-state index < -0.39 is 12.5 Å². The monoisotopic (exact) mass is 436 g/mol. The minimum atomic E-state index is -1.07. The summed E-state index contributed by atoms with van der Waals surface area (Å²) in [5.74, 6) is -0.911. The maximum absolute atomic E-state index is 12.6. The van der Waals surface area contributed by atoms with Crippen LogP contribution in [0.2, 0.25) is 0 Å². The lowest BCUT2D eigenvalue weighted by Crippen LogP contribution is -2.33. The molecule has 5 nitrogen and oxygen atoms in total. The van der Waals surface area contributed by atoms with Gasteiger partial charge in [-0.3, -0.25) is 14.5 Å². The number of hydrogen-bond donors (Lipinski definition) is 1. The number of fused-ring (bicyclic) bond motifs is 3. The number of rotatable bonds is 4. The van der Waals surface area contributed by atoms with Gasteiger partial charge in [-0.05, 0) is 54.3 Å². The number of thioether (sulfide) groups is 1. The Kier molecular flexibility index (Phi) is 4.87. The standard InChI is InChI=1S/C23H20N2O3S2/c26-21(27)13-24-22(28)20(30-23(24)29)12-14-9-10-19-17(11-14)16-7-4-8-18(16)25(19)15-5-2-1-3-6-15/h1-3,5-6,9-12,16,18H,4,7-8,13H2,(H,26,27)/b20-12-. The summed E-state index contributed by atoms with van der Waals surface area (Å²) in [6.45, 7) is -0.401. The number of carboxylic acid groups (broad SMARTS) is 1. The summed E-state index contributed by atoms with van der Waals surface area (Å²) in [7, 11) is 0. The normalized spacial score (nSPS) is 23.9. The molecular weight excluding hydrogens is 416 g/mol. The number of aliphatic carboxylic acids is 1. The van der Waals surface area contributed by atoms with Gasteiger partial charge in [0.2, 0.25) is 0 Å². The van der Waals surface area contributed by atoms with Gasteiger partial charge < -0.3 is 10.0 Å². The third-order valence-electron chi connectivity index (χ3n) is 6.02. The predicted octanol–water partition coefficient (Wildman–Crippen LogP) is 4.76. The number of nitrogens with zero attached hydrogens (tertiary/aromatic N) is 2. The molecule has 5 rings (SSSR count). The zero-order valence-electron chi connectivity index (χ0n) is 16.2. The van der Waals surface area contributed by atoms with Crippen LogP contribution in [-0.2, 0) is 9.59 Å². The van der Waals surface area contributed by atoms with Crippen LogP contribution < -0.4 is 4.90 Å². The van der Waals surface area contributed by atoms with Crippen LogP contribution >= 0.6 is 24.0 Å². The summed E-state index contributed by atoms with van der Waals surface area (Å²) in [4.78, 5) is 27.7. The Morgan fingerprint density at radius 3 is 2.77 bits per heavy atom. The molecule has 1 N–H and O–H groups in total. The van der Waals surface area contributed by atoms with E-state index in [0.717, 1.165) is 22.2 Å². The highest BCUT2D eigenvalue weighted by Gasteiger charge is 2.42. The third kappa shape index (κ3) is 3.22. The van der Waals surface area contributed by atoms with Crippen molar-refractivity contribution in [2.45, 2.75) is 31.2 Å². The van der Waals surface area contributed by atoms with Crippen LogP contribution in [0.3, 0.4) is 0 Å². The molecular formula is C23H20N2O3S2. The van der Waals surface area contributed by atoms with Gasteiger partial charge in [0.1, 0.15) is 10.9 Å². The zero-order valence-corrected chi connectivity index (χ0v) is 17.8. The quantitative estimate of drug-likeness (QED) is 0.551. The van der Waals surface area contributed by atoms with Crippen molar-refractivity contribution >= 4 is 57.6 Å². The third-order valence-corrected chi connectivity index (χ3v) is 7.40. The molecule has 0 radical (unpaired) electrons. The molecule has 30 heavy (non-hydrogen) atoms. The van der Waals surface area contributed by atoms with Crippen LogP contribution in [0.25, 0.3) is 6.08 Å². The smallest absolute Gasteiger partial charge is 0.323 e. The second kappa shape index (κ2) is 7.56. The van der Waals surface area contributed by atoms with Crippen molar-refractivity contribution in [3.05, 3.63) is 64.6 Å². The Bertz CT molecular complexity index is 1080. The van der Waals surface area contributed by atoms with Crippen molar-refractivity contribution in [3.63, 3.8) is 0 Å². The van der Waals surface area contributed by atoms with E-state index >= 15 is 0 Å². The minimum absolute atomic E-state index is 0.293. The molecule has 2 atom stereocenters. The lowest BCUT2D eigenvalue weighted by Gasteiger charge is -2.27. The Labute approximate surface area is 184 Å². The van der Waals surface area contributed by atoms with Crippen molar-refractivity contribution in [1.29, 1.82) is 0 Å². The Hall–Kier alpha value is -2.64. The molecule has 2 unspecified atom stereocenters. The van der Waals surface area contributed by atoms with Crippen molar-refractivity contribution in [1.82, 2.24) is 4.90 Å². The fourth-order valence-corrected chi connectivity index (χ4v) is 6.07. The summed E-state index contributed by atoms with van der Waals surface area (Å²) in [5.41, 5.74) is 4.74. The maximum Gasteiger partial charge on any atom is 0.323 e. The number of thiocarbonyl (C=S) groups is 1. The lowest BCUT2D eigenvalue weighted by atomic mass is 9.96.